The van der Waals surface area contributed by atoms with Crippen molar-refractivity contribution >= 4 is 21.6 Å². The number of hydrogen-bond donors (Lipinski definition) is 1. The van der Waals surface area contributed by atoms with Crippen molar-refractivity contribution in [3.05, 3.63) is 53.3 Å². The van der Waals surface area contributed by atoms with Crippen LogP contribution in [0.5, 0.6) is 0 Å². The van der Waals surface area contributed by atoms with Gasteiger partial charge in [-0.3, -0.25) is 0 Å². The standard InChI is InChI=1S/C11H9ClFN3O2S/c12-11-14-6-9(7-15-11)19(17,18)16-5-8-3-1-2-4-10(8)13/h1-4,6-7,16H,5H2. The molecule has 2 aromatic rings. The molecule has 0 spiro atoms. The normalized spacial score (nSPS) is 11.5. The van der Waals surface area contributed by atoms with Crippen LogP contribution in [0.3, 0.4) is 0 Å². The molecule has 2 rings (SSSR count). The van der Waals surface area contributed by atoms with E-state index in [1.165, 1.54) is 18.2 Å². The molecule has 0 aliphatic carbocycles. The molecule has 100 valence electrons. The van der Waals surface area contributed by atoms with Gasteiger partial charge in [-0.15, -0.1) is 0 Å². The molecule has 0 aliphatic heterocycles. The summed E-state index contributed by atoms with van der Waals surface area (Å²) in [5.74, 6) is -0.474. The van der Waals surface area contributed by atoms with E-state index in [0.29, 0.717) is 0 Å². The lowest BCUT2D eigenvalue weighted by atomic mass is 10.2. The average molecular weight is 302 g/mol. The van der Waals surface area contributed by atoms with Gasteiger partial charge in [-0.25, -0.2) is 27.5 Å². The number of nitrogens with zero attached hydrogens (tertiary/aromatic N) is 2. The van der Waals surface area contributed by atoms with Crippen molar-refractivity contribution in [3.63, 3.8) is 0 Å². The molecule has 0 fully saturated rings. The van der Waals surface area contributed by atoms with Gasteiger partial charge < -0.3 is 0 Å². The van der Waals surface area contributed by atoms with Gasteiger partial charge in [0, 0.05) is 12.1 Å². The van der Waals surface area contributed by atoms with Gasteiger partial charge in [-0.2, -0.15) is 0 Å². The van der Waals surface area contributed by atoms with E-state index in [1.807, 2.05) is 0 Å². The van der Waals surface area contributed by atoms with Crippen LogP contribution in [0.1, 0.15) is 5.56 Å². The topological polar surface area (TPSA) is 72.0 Å². The smallest absolute Gasteiger partial charge is 0.225 e. The fraction of sp³-hybridized carbons (Fsp3) is 0.0909. The number of benzene rings is 1. The first kappa shape index (κ1) is 13.9. The Hall–Kier alpha value is -1.57. The summed E-state index contributed by atoms with van der Waals surface area (Å²) >= 11 is 5.47. The van der Waals surface area contributed by atoms with E-state index in [0.717, 1.165) is 12.4 Å². The molecule has 8 heteroatoms. The second-order valence-corrected chi connectivity index (χ2v) is 5.71. The van der Waals surface area contributed by atoms with Gasteiger partial charge in [-0.05, 0) is 17.7 Å². The number of halogens is 2. The number of hydrogen-bond acceptors (Lipinski definition) is 4. The predicted octanol–water partition coefficient (Wildman–Crippen LogP) is 1.75. The molecule has 5 nitrogen and oxygen atoms in total. The monoisotopic (exact) mass is 301 g/mol. The van der Waals surface area contributed by atoms with Gasteiger partial charge in [0.1, 0.15) is 10.7 Å². The van der Waals surface area contributed by atoms with Crippen LogP contribution in [0, 0.1) is 5.82 Å². The predicted molar refractivity (Wildman–Crippen MR) is 67.5 cm³/mol. The van der Waals surface area contributed by atoms with Gasteiger partial charge >= 0.3 is 0 Å². The molecule has 0 radical (unpaired) electrons. The van der Waals surface area contributed by atoms with Gasteiger partial charge in [0.25, 0.3) is 0 Å². The Morgan fingerprint density at radius 1 is 1.21 bits per heavy atom. The van der Waals surface area contributed by atoms with Crippen LogP contribution in [-0.2, 0) is 16.6 Å². The van der Waals surface area contributed by atoms with Gasteiger partial charge in [0.2, 0.25) is 15.3 Å². The van der Waals surface area contributed by atoms with Crippen molar-refractivity contribution < 1.29 is 12.8 Å². The molecular weight excluding hydrogens is 293 g/mol. The molecule has 1 aromatic carbocycles. The summed E-state index contributed by atoms with van der Waals surface area (Å²) in [4.78, 5) is 7.03. The highest BCUT2D eigenvalue weighted by Gasteiger charge is 2.15. The molecule has 0 bridgehead atoms. The first-order valence-electron chi connectivity index (χ1n) is 5.19. The maximum Gasteiger partial charge on any atom is 0.243 e. The van der Waals surface area contributed by atoms with Crippen LogP contribution in [-0.4, -0.2) is 18.4 Å². The van der Waals surface area contributed by atoms with Gasteiger partial charge in [0.15, 0.2) is 0 Å². The molecule has 1 N–H and O–H groups in total. The maximum atomic E-state index is 13.3. The number of rotatable bonds is 4. The molecule has 1 heterocycles. The van der Waals surface area contributed by atoms with E-state index in [2.05, 4.69) is 14.7 Å². The van der Waals surface area contributed by atoms with E-state index in [1.54, 1.807) is 6.07 Å². The molecule has 0 atom stereocenters. The van der Waals surface area contributed by atoms with Crippen LogP contribution in [0.15, 0.2) is 41.6 Å². The number of sulfonamides is 1. The van der Waals surface area contributed by atoms with E-state index in [4.69, 9.17) is 11.6 Å². The molecular formula is C11H9ClFN3O2S. The zero-order valence-electron chi connectivity index (χ0n) is 9.55. The third kappa shape index (κ3) is 3.46. The van der Waals surface area contributed by atoms with Crippen molar-refractivity contribution in [3.8, 4) is 0 Å². The van der Waals surface area contributed by atoms with E-state index in [-0.39, 0.29) is 22.3 Å². The van der Waals surface area contributed by atoms with Crippen molar-refractivity contribution in [2.75, 3.05) is 0 Å². The third-order valence-corrected chi connectivity index (χ3v) is 3.87. The van der Waals surface area contributed by atoms with Crippen LogP contribution < -0.4 is 4.72 Å². The molecule has 0 amide bonds. The summed E-state index contributed by atoms with van der Waals surface area (Å²) in [6, 6.07) is 5.91. The highest BCUT2D eigenvalue weighted by atomic mass is 35.5. The summed E-state index contributed by atoms with van der Waals surface area (Å²) in [7, 11) is -3.79. The highest BCUT2D eigenvalue weighted by Crippen LogP contribution is 2.10. The average Bonchev–Trinajstić information content (AvgIpc) is 2.38. The summed E-state index contributed by atoms with van der Waals surface area (Å²) in [6.45, 7) is -0.155. The fourth-order valence-corrected chi connectivity index (χ4v) is 2.33. The van der Waals surface area contributed by atoms with Crippen molar-refractivity contribution in [1.82, 2.24) is 14.7 Å². The lowest BCUT2D eigenvalue weighted by Gasteiger charge is -2.06. The molecule has 0 saturated carbocycles. The Bertz CT molecular complexity index is 677. The van der Waals surface area contributed by atoms with Crippen LogP contribution in [0.4, 0.5) is 4.39 Å². The van der Waals surface area contributed by atoms with Crippen molar-refractivity contribution in [2.24, 2.45) is 0 Å². The largest absolute Gasteiger partial charge is 0.243 e. The first-order valence-corrected chi connectivity index (χ1v) is 7.06. The van der Waals surface area contributed by atoms with Crippen LogP contribution >= 0.6 is 11.6 Å². The fourth-order valence-electron chi connectivity index (χ4n) is 1.34. The first-order chi connectivity index (χ1) is 8.99. The zero-order valence-corrected chi connectivity index (χ0v) is 11.1. The van der Waals surface area contributed by atoms with E-state index >= 15 is 0 Å². The quantitative estimate of drug-likeness (QED) is 0.873. The Morgan fingerprint density at radius 2 is 1.84 bits per heavy atom. The minimum Gasteiger partial charge on any atom is -0.225 e. The minimum absolute atomic E-state index is 0.0481. The maximum absolute atomic E-state index is 13.3. The van der Waals surface area contributed by atoms with Crippen LogP contribution in [0.2, 0.25) is 5.28 Å². The second kappa shape index (κ2) is 5.60. The Balaban J connectivity index is 2.14. The zero-order chi connectivity index (χ0) is 13.9. The minimum atomic E-state index is -3.79. The lowest BCUT2D eigenvalue weighted by Crippen LogP contribution is -2.24. The van der Waals surface area contributed by atoms with E-state index in [9.17, 15) is 12.8 Å². The lowest BCUT2D eigenvalue weighted by molar-refractivity contribution is 0.573. The number of nitrogens with one attached hydrogen (secondary N) is 1. The Morgan fingerprint density at radius 3 is 2.47 bits per heavy atom. The molecule has 19 heavy (non-hydrogen) atoms. The molecule has 0 saturated heterocycles. The van der Waals surface area contributed by atoms with E-state index < -0.39 is 15.8 Å². The molecule has 1 aromatic heterocycles. The van der Waals surface area contributed by atoms with Gasteiger partial charge in [-0.1, -0.05) is 18.2 Å². The third-order valence-electron chi connectivity index (χ3n) is 2.32. The summed E-state index contributed by atoms with van der Waals surface area (Å²) in [5, 5.41) is -0.0481. The van der Waals surface area contributed by atoms with Crippen molar-refractivity contribution in [1.29, 1.82) is 0 Å². The summed E-state index contributed by atoms with van der Waals surface area (Å²) in [5.41, 5.74) is 0.251. The summed E-state index contributed by atoms with van der Waals surface area (Å²) < 4.78 is 39.3. The highest BCUT2D eigenvalue weighted by molar-refractivity contribution is 7.89. The van der Waals surface area contributed by atoms with Crippen molar-refractivity contribution in [2.45, 2.75) is 11.4 Å². The van der Waals surface area contributed by atoms with Crippen LogP contribution in [0.25, 0.3) is 0 Å². The number of aromatic nitrogens is 2. The van der Waals surface area contributed by atoms with Gasteiger partial charge in [0.05, 0.1) is 12.4 Å². The second-order valence-electron chi connectivity index (χ2n) is 3.60. The SMILES string of the molecule is O=S(=O)(NCc1ccccc1F)c1cnc(Cl)nc1. The molecule has 0 aliphatic rings. The Labute approximate surface area is 114 Å². The summed E-state index contributed by atoms with van der Waals surface area (Å²) in [6.07, 6.45) is 2.16. The Kier molecular flexibility index (Phi) is 4.08. The molecule has 0 unspecified atom stereocenters.